The summed E-state index contributed by atoms with van der Waals surface area (Å²) in [5.41, 5.74) is 2.75. The van der Waals surface area contributed by atoms with Crippen molar-refractivity contribution in [2.24, 2.45) is 0 Å². The minimum Gasteiger partial charge on any atom is -0.378 e. The van der Waals surface area contributed by atoms with Gasteiger partial charge in [-0.15, -0.1) is 11.3 Å². The predicted molar refractivity (Wildman–Crippen MR) is 114 cm³/mol. The van der Waals surface area contributed by atoms with Gasteiger partial charge >= 0.3 is 0 Å². The summed E-state index contributed by atoms with van der Waals surface area (Å²) < 4.78 is 10.8. The summed E-state index contributed by atoms with van der Waals surface area (Å²) >= 11 is 1.61. The van der Waals surface area contributed by atoms with Crippen molar-refractivity contribution < 1.29 is 14.1 Å². The Balaban J connectivity index is 1.26. The van der Waals surface area contributed by atoms with Gasteiger partial charge in [0.2, 0.25) is 5.91 Å². The Morgan fingerprint density at radius 3 is 2.76 bits per heavy atom. The van der Waals surface area contributed by atoms with Crippen molar-refractivity contribution in [3.8, 4) is 10.6 Å². The zero-order valence-electron chi connectivity index (χ0n) is 16.3. The van der Waals surface area contributed by atoms with Gasteiger partial charge in [0.1, 0.15) is 0 Å². The van der Waals surface area contributed by atoms with Gasteiger partial charge in [0.25, 0.3) is 0 Å². The number of aromatic nitrogens is 1. The molecule has 1 N–H and O–H groups in total. The summed E-state index contributed by atoms with van der Waals surface area (Å²) in [6, 6.07) is 13.8. The Bertz CT molecular complexity index is 918. The quantitative estimate of drug-likeness (QED) is 0.642. The van der Waals surface area contributed by atoms with Crippen LogP contribution in [-0.2, 0) is 16.1 Å². The summed E-state index contributed by atoms with van der Waals surface area (Å²) in [6.45, 7) is 4.11. The largest absolute Gasteiger partial charge is 0.378 e. The molecule has 4 rings (SSSR count). The number of thiophene rings is 1. The molecule has 1 aromatic carbocycles. The zero-order valence-corrected chi connectivity index (χ0v) is 17.2. The van der Waals surface area contributed by atoms with Gasteiger partial charge in [0.15, 0.2) is 5.76 Å². The molecule has 1 aliphatic heterocycles. The van der Waals surface area contributed by atoms with Crippen LogP contribution >= 0.6 is 11.3 Å². The zero-order chi connectivity index (χ0) is 20.1. The summed E-state index contributed by atoms with van der Waals surface area (Å²) in [4.78, 5) is 17.6. The van der Waals surface area contributed by atoms with Crippen molar-refractivity contribution in [3.63, 3.8) is 0 Å². The summed E-state index contributed by atoms with van der Waals surface area (Å²) in [7, 11) is 1.89. The lowest BCUT2D eigenvalue weighted by molar-refractivity contribution is -0.117. The van der Waals surface area contributed by atoms with Crippen LogP contribution < -0.4 is 10.2 Å². The normalized spacial score (nSPS) is 14.3. The van der Waals surface area contributed by atoms with Crippen LogP contribution in [0, 0.1) is 0 Å². The van der Waals surface area contributed by atoms with Crippen LogP contribution in [-0.4, -0.2) is 55.9 Å². The van der Waals surface area contributed by atoms with Gasteiger partial charge in [0, 0.05) is 37.1 Å². The summed E-state index contributed by atoms with van der Waals surface area (Å²) in [5.74, 6) is 0.696. The second-order valence-corrected chi connectivity index (χ2v) is 7.97. The smallest absolute Gasteiger partial charge is 0.238 e. The monoisotopic (exact) mass is 412 g/mol. The summed E-state index contributed by atoms with van der Waals surface area (Å²) in [6.07, 6.45) is 0. The molecule has 0 unspecified atom stereocenters. The molecule has 0 atom stereocenters. The van der Waals surface area contributed by atoms with Gasteiger partial charge in [-0.3, -0.25) is 9.69 Å². The Morgan fingerprint density at radius 1 is 1.24 bits per heavy atom. The maximum absolute atomic E-state index is 12.4. The first-order valence-electron chi connectivity index (χ1n) is 9.58. The molecule has 1 aliphatic rings. The molecule has 7 nitrogen and oxygen atoms in total. The van der Waals surface area contributed by atoms with Crippen molar-refractivity contribution in [2.45, 2.75) is 6.54 Å². The van der Waals surface area contributed by atoms with Crippen molar-refractivity contribution in [1.82, 2.24) is 10.1 Å². The highest BCUT2D eigenvalue weighted by atomic mass is 32.1. The van der Waals surface area contributed by atoms with E-state index in [0.29, 0.717) is 6.54 Å². The van der Waals surface area contributed by atoms with E-state index in [0.717, 1.165) is 54.0 Å². The van der Waals surface area contributed by atoms with E-state index in [4.69, 9.17) is 9.26 Å². The minimum atomic E-state index is -0.0615. The Hall–Kier alpha value is -2.68. The van der Waals surface area contributed by atoms with Crippen molar-refractivity contribution >= 4 is 28.6 Å². The Kier molecular flexibility index (Phi) is 6.24. The number of carbonyl (C=O) groups is 1. The van der Waals surface area contributed by atoms with E-state index < -0.39 is 0 Å². The Morgan fingerprint density at radius 2 is 2.03 bits per heavy atom. The van der Waals surface area contributed by atoms with Crippen molar-refractivity contribution in [2.75, 3.05) is 50.1 Å². The number of carbonyl (C=O) groups excluding carboxylic acids is 1. The Labute approximate surface area is 173 Å². The first-order chi connectivity index (χ1) is 14.2. The molecule has 1 amide bonds. The molecule has 1 saturated heterocycles. The first kappa shape index (κ1) is 19.6. The van der Waals surface area contributed by atoms with Crippen LogP contribution in [0.5, 0.6) is 0 Å². The van der Waals surface area contributed by atoms with Crippen LogP contribution in [0.15, 0.2) is 52.4 Å². The lowest BCUT2D eigenvalue weighted by Gasteiger charge is -2.28. The molecule has 0 spiro atoms. The molecule has 3 aromatic rings. The first-order valence-corrected chi connectivity index (χ1v) is 10.5. The molecule has 29 heavy (non-hydrogen) atoms. The highest BCUT2D eigenvalue weighted by Crippen LogP contribution is 2.25. The predicted octanol–water partition coefficient (Wildman–Crippen LogP) is 3.31. The van der Waals surface area contributed by atoms with Crippen molar-refractivity contribution in [1.29, 1.82) is 0 Å². The average Bonchev–Trinajstić information content (AvgIpc) is 3.41. The third kappa shape index (κ3) is 5.23. The number of anilines is 2. The number of likely N-dealkylation sites (N-methyl/N-ethyl adjacent to an activating group) is 1. The van der Waals surface area contributed by atoms with Crippen LogP contribution in [0.2, 0.25) is 0 Å². The molecule has 1 fully saturated rings. The van der Waals surface area contributed by atoms with Crippen LogP contribution in [0.25, 0.3) is 10.6 Å². The van der Waals surface area contributed by atoms with Gasteiger partial charge in [-0.25, -0.2) is 0 Å². The SMILES string of the molecule is CN(CC(=O)Nc1ccc(N2CCOCC2)cc1)Cc1cc(-c2cccs2)on1. The van der Waals surface area contributed by atoms with E-state index in [9.17, 15) is 4.79 Å². The van der Waals surface area contributed by atoms with E-state index in [-0.39, 0.29) is 12.5 Å². The maximum Gasteiger partial charge on any atom is 0.238 e. The third-order valence-corrected chi connectivity index (χ3v) is 5.58. The van der Waals surface area contributed by atoms with Crippen LogP contribution in [0.1, 0.15) is 5.69 Å². The van der Waals surface area contributed by atoms with E-state index in [1.807, 2.05) is 59.8 Å². The summed E-state index contributed by atoms with van der Waals surface area (Å²) in [5, 5.41) is 9.05. The van der Waals surface area contributed by atoms with Gasteiger partial charge in [-0.1, -0.05) is 11.2 Å². The molecule has 0 saturated carbocycles. The number of amides is 1. The number of benzene rings is 1. The number of nitrogens with one attached hydrogen (secondary N) is 1. The number of morpholine rings is 1. The standard InChI is InChI=1S/C21H24N4O3S/c1-24(14-17-13-19(28-23-17)20-3-2-12-29-20)15-21(26)22-16-4-6-18(7-5-16)25-8-10-27-11-9-25/h2-7,12-13H,8-11,14-15H2,1H3,(H,22,26). The number of hydrogen-bond acceptors (Lipinski definition) is 7. The molecule has 152 valence electrons. The van der Waals surface area contributed by atoms with Crippen molar-refractivity contribution in [3.05, 3.63) is 53.5 Å². The van der Waals surface area contributed by atoms with Gasteiger partial charge < -0.3 is 19.5 Å². The molecule has 3 heterocycles. The molecule has 8 heteroatoms. The minimum absolute atomic E-state index is 0.0615. The topological polar surface area (TPSA) is 70.8 Å². The molecule has 0 aliphatic carbocycles. The fourth-order valence-corrected chi connectivity index (χ4v) is 3.95. The van der Waals surface area contributed by atoms with Crippen LogP contribution in [0.4, 0.5) is 11.4 Å². The third-order valence-electron chi connectivity index (χ3n) is 4.70. The molecule has 0 radical (unpaired) electrons. The van der Waals surface area contributed by atoms with Crippen LogP contribution in [0.3, 0.4) is 0 Å². The molecule has 2 aromatic heterocycles. The van der Waals surface area contributed by atoms with E-state index in [1.165, 1.54) is 0 Å². The lowest BCUT2D eigenvalue weighted by Crippen LogP contribution is -2.36. The number of nitrogens with zero attached hydrogens (tertiary/aromatic N) is 3. The van der Waals surface area contributed by atoms with E-state index >= 15 is 0 Å². The second-order valence-electron chi connectivity index (χ2n) is 7.03. The van der Waals surface area contributed by atoms with Gasteiger partial charge in [0.05, 0.1) is 30.3 Å². The number of hydrogen-bond donors (Lipinski definition) is 1. The molecular formula is C21H24N4O3S. The average molecular weight is 413 g/mol. The maximum atomic E-state index is 12.4. The number of rotatable bonds is 7. The van der Waals surface area contributed by atoms with Gasteiger partial charge in [-0.2, -0.15) is 0 Å². The highest BCUT2D eigenvalue weighted by Gasteiger charge is 2.13. The van der Waals surface area contributed by atoms with E-state index in [1.54, 1.807) is 11.3 Å². The fraction of sp³-hybridized carbons (Fsp3) is 0.333. The molecular weight excluding hydrogens is 388 g/mol. The van der Waals surface area contributed by atoms with Gasteiger partial charge in [-0.05, 0) is 42.8 Å². The number of ether oxygens (including phenoxy) is 1. The molecule has 0 bridgehead atoms. The highest BCUT2D eigenvalue weighted by molar-refractivity contribution is 7.13. The van der Waals surface area contributed by atoms with E-state index in [2.05, 4.69) is 15.4 Å². The lowest BCUT2D eigenvalue weighted by atomic mass is 10.2. The fourth-order valence-electron chi connectivity index (χ4n) is 3.28. The second kappa shape index (κ2) is 9.21.